The monoisotopic (exact) mass is 367 g/mol. The number of nitrogens with one attached hydrogen (secondary N) is 1. The van der Waals surface area contributed by atoms with E-state index in [0.29, 0.717) is 22.5 Å². The first-order valence-corrected chi connectivity index (χ1v) is 8.79. The lowest BCUT2D eigenvalue weighted by Gasteiger charge is -2.07. The minimum absolute atomic E-state index is 0.251. The fraction of sp³-hybridized carbons (Fsp3) is 0.0909. The molecule has 0 aliphatic rings. The molecule has 0 fully saturated rings. The molecule has 0 saturated heterocycles. The standard InChI is InChI=1S/C22H17N5O/c1-14-11-15(2)27-21(25-14)20(13-24-27)22(28)26-19-9-7-18(8-10-19)17-5-3-16(12-23)4-6-17/h3-11,13H,1-2H3,(H,26,28). The summed E-state index contributed by atoms with van der Waals surface area (Å²) >= 11 is 0. The topological polar surface area (TPSA) is 83.1 Å². The summed E-state index contributed by atoms with van der Waals surface area (Å²) in [5.74, 6) is -0.251. The Morgan fingerprint density at radius 3 is 2.32 bits per heavy atom. The van der Waals surface area contributed by atoms with Crippen molar-refractivity contribution in [1.82, 2.24) is 14.6 Å². The Labute approximate surface area is 162 Å². The molecular weight excluding hydrogens is 350 g/mol. The Balaban J connectivity index is 1.56. The molecule has 0 spiro atoms. The molecule has 0 bridgehead atoms. The van der Waals surface area contributed by atoms with Gasteiger partial charge in [-0.25, -0.2) is 9.50 Å². The van der Waals surface area contributed by atoms with E-state index in [1.54, 1.807) is 16.6 Å². The van der Waals surface area contributed by atoms with Crippen LogP contribution < -0.4 is 5.32 Å². The van der Waals surface area contributed by atoms with Crippen LogP contribution in [0, 0.1) is 25.2 Å². The molecule has 1 N–H and O–H groups in total. The molecule has 136 valence electrons. The van der Waals surface area contributed by atoms with Crippen LogP contribution in [0.1, 0.15) is 27.3 Å². The SMILES string of the molecule is Cc1cc(C)n2ncc(C(=O)Nc3ccc(-c4ccc(C#N)cc4)cc3)c2n1. The van der Waals surface area contributed by atoms with Gasteiger partial charge < -0.3 is 5.32 Å². The summed E-state index contributed by atoms with van der Waals surface area (Å²) in [6.45, 7) is 3.82. The first-order valence-electron chi connectivity index (χ1n) is 8.79. The third-order valence-electron chi connectivity index (χ3n) is 4.51. The highest BCUT2D eigenvalue weighted by Gasteiger charge is 2.15. The fourth-order valence-corrected chi connectivity index (χ4v) is 3.11. The highest BCUT2D eigenvalue weighted by molar-refractivity contribution is 6.08. The van der Waals surface area contributed by atoms with Crippen LogP contribution in [0.2, 0.25) is 0 Å². The summed E-state index contributed by atoms with van der Waals surface area (Å²) in [4.78, 5) is 17.1. The van der Waals surface area contributed by atoms with Crippen molar-refractivity contribution in [2.75, 3.05) is 5.32 Å². The molecule has 6 nitrogen and oxygen atoms in total. The number of rotatable bonds is 3. The van der Waals surface area contributed by atoms with Gasteiger partial charge in [0, 0.05) is 17.1 Å². The van der Waals surface area contributed by atoms with Crippen molar-refractivity contribution in [1.29, 1.82) is 5.26 Å². The average molecular weight is 367 g/mol. The zero-order chi connectivity index (χ0) is 19.7. The van der Waals surface area contributed by atoms with Crippen molar-refractivity contribution in [2.24, 2.45) is 0 Å². The molecule has 2 aromatic carbocycles. The molecule has 4 rings (SSSR count). The Bertz CT molecular complexity index is 1220. The van der Waals surface area contributed by atoms with Crippen LogP contribution in [-0.4, -0.2) is 20.5 Å². The number of amides is 1. The van der Waals surface area contributed by atoms with Gasteiger partial charge in [-0.2, -0.15) is 10.4 Å². The van der Waals surface area contributed by atoms with Crippen LogP contribution in [0.15, 0.2) is 60.8 Å². The Morgan fingerprint density at radius 2 is 1.68 bits per heavy atom. The van der Waals surface area contributed by atoms with Gasteiger partial charge in [0.05, 0.1) is 17.8 Å². The molecule has 0 aliphatic carbocycles. The van der Waals surface area contributed by atoms with Crippen LogP contribution >= 0.6 is 0 Å². The molecule has 0 aliphatic heterocycles. The quantitative estimate of drug-likeness (QED) is 0.590. The number of fused-ring (bicyclic) bond motifs is 1. The maximum absolute atomic E-state index is 12.7. The van der Waals surface area contributed by atoms with E-state index in [-0.39, 0.29) is 5.91 Å². The second-order valence-corrected chi connectivity index (χ2v) is 6.55. The molecule has 2 aromatic heterocycles. The van der Waals surface area contributed by atoms with Crippen molar-refractivity contribution < 1.29 is 4.79 Å². The molecule has 1 amide bonds. The van der Waals surface area contributed by atoms with E-state index in [1.165, 1.54) is 6.20 Å². The van der Waals surface area contributed by atoms with Crippen molar-refractivity contribution in [3.8, 4) is 17.2 Å². The van der Waals surface area contributed by atoms with Crippen LogP contribution in [0.25, 0.3) is 16.8 Å². The summed E-state index contributed by atoms with van der Waals surface area (Å²) in [6.07, 6.45) is 1.54. The molecular formula is C22H17N5O. The van der Waals surface area contributed by atoms with Crippen LogP contribution in [0.5, 0.6) is 0 Å². The molecule has 0 radical (unpaired) electrons. The summed E-state index contributed by atoms with van der Waals surface area (Å²) in [7, 11) is 0. The summed E-state index contributed by atoms with van der Waals surface area (Å²) < 4.78 is 1.66. The number of carbonyl (C=O) groups excluding carboxylic acids is 1. The zero-order valence-electron chi connectivity index (χ0n) is 15.5. The van der Waals surface area contributed by atoms with Gasteiger partial charge in [0.2, 0.25) is 0 Å². The Morgan fingerprint density at radius 1 is 1.04 bits per heavy atom. The van der Waals surface area contributed by atoms with E-state index in [0.717, 1.165) is 22.5 Å². The lowest BCUT2D eigenvalue weighted by atomic mass is 10.0. The maximum atomic E-state index is 12.7. The first-order chi connectivity index (χ1) is 13.5. The molecule has 0 unspecified atom stereocenters. The summed E-state index contributed by atoms with van der Waals surface area (Å²) in [5.41, 5.74) is 6.07. The van der Waals surface area contributed by atoms with E-state index in [2.05, 4.69) is 21.5 Å². The minimum atomic E-state index is -0.251. The summed E-state index contributed by atoms with van der Waals surface area (Å²) in [6, 6.07) is 19.0. The Hall–Kier alpha value is -3.98. The first kappa shape index (κ1) is 17.4. The highest BCUT2D eigenvalue weighted by atomic mass is 16.1. The van der Waals surface area contributed by atoms with E-state index < -0.39 is 0 Å². The van der Waals surface area contributed by atoms with Gasteiger partial charge in [-0.15, -0.1) is 0 Å². The largest absolute Gasteiger partial charge is 0.322 e. The third-order valence-corrected chi connectivity index (χ3v) is 4.51. The van der Waals surface area contributed by atoms with Gasteiger partial charge in [0.1, 0.15) is 5.56 Å². The van der Waals surface area contributed by atoms with Crippen LogP contribution in [-0.2, 0) is 0 Å². The van der Waals surface area contributed by atoms with Crippen molar-refractivity contribution in [2.45, 2.75) is 13.8 Å². The number of benzene rings is 2. The van der Waals surface area contributed by atoms with Gasteiger partial charge in [-0.3, -0.25) is 4.79 Å². The van der Waals surface area contributed by atoms with Gasteiger partial charge in [0.15, 0.2) is 5.65 Å². The third kappa shape index (κ3) is 3.21. The number of hydrogen-bond donors (Lipinski definition) is 1. The number of carbonyl (C=O) groups is 1. The summed E-state index contributed by atoms with van der Waals surface area (Å²) in [5, 5.41) is 16.1. The molecule has 4 aromatic rings. The minimum Gasteiger partial charge on any atom is -0.322 e. The lowest BCUT2D eigenvalue weighted by molar-refractivity contribution is 0.102. The smallest absolute Gasteiger partial charge is 0.261 e. The van der Waals surface area contributed by atoms with E-state index in [4.69, 9.17) is 5.26 Å². The second kappa shape index (κ2) is 6.97. The van der Waals surface area contributed by atoms with Crippen molar-refractivity contribution >= 4 is 17.2 Å². The number of anilines is 1. The zero-order valence-corrected chi connectivity index (χ0v) is 15.5. The van der Waals surface area contributed by atoms with Gasteiger partial charge in [-0.05, 0) is 55.3 Å². The molecule has 0 atom stereocenters. The number of nitriles is 1. The number of nitrogens with zero attached hydrogens (tertiary/aromatic N) is 4. The number of aryl methyl sites for hydroxylation is 2. The predicted molar refractivity (Wildman–Crippen MR) is 107 cm³/mol. The van der Waals surface area contributed by atoms with Crippen molar-refractivity contribution in [3.05, 3.63) is 83.3 Å². The molecule has 6 heteroatoms. The van der Waals surface area contributed by atoms with Gasteiger partial charge >= 0.3 is 0 Å². The van der Waals surface area contributed by atoms with Crippen LogP contribution in [0.4, 0.5) is 5.69 Å². The number of aromatic nitrogens is 3. The van der Waals surface area contributed by atoms with Crippen LogP contribution in [0.3, 0.4) is 0 Å². The average Bonchev–Trinajstić information content (AvgIpc) is 3.13. The maximum Gasteiger partial charge on any atom is 0.261 e. The van der Waals surface area contributed by atoms with E-state index >= 15 is 0 Å². The Kier molecular flexibility index (Phi) is 4.34. The molecule has 28 heavy (non-hydrogen) atoms. The molecule has 0 saturated carbocycles. The fourth-order valence-electron chi connectivity index (χ4n) is 3.11. The van der Waals surface area contributed by atoms with Gasteiger partial charge in [-0.1, -0.05) is 24.3 Å². The lowest BCUT2D eigenvalue weighted by Crippen LogP contribution is -2.12. The second-order valence-electron chi connectivity index (χ2n) is 6.55. The van der Waals surface area contributed by atoms with E-state index in [9.17, 15) is 4.79 Å². The van der Waals surface area contributed by atoms with E-state index in [1.807, 2.05) is 56.3 Å². The normalized spacial score (nSPS) is 10.6. The number of hydrogen-bond acceptors (Lipinski definition) is 4. The highest BCUT2D eigenvalue weighted by Crippen LogP contribution is 2.22. The van der Waals surface area contributed by atoms with Crippen molar-refractivity contribution in [3.63, 3.8) is 0 Å². The molecule has 2 heterocycles. The predicted octanol–water partition coefficient (Wildman–Crippen LogP) is 4.14. The van der Waals surface area contributed by atoms with Gasteiger partial charge in [0.25, 0.3) is 5.91 Å².